The highest BCUT2D eigenvalue weighted by atomic mass is 35.5. The summed E-state index contributed by atoms with van der Waals surface area (Å²) in [5.41, 5.74) is 0.659. The van der Waals surface area contributed by atoms with Gasteiger partial charge in [-0.2, -0.15) is 0 Å². The summed E-state index contributed by atoms with van der Waals surface area (Å²) >= 11 is 5.86. The first-order valence-corrected chi connectivity index (χ1v) is 6.89. The highest BCUT2D eigenvalue weighted by Crippen LogP contribution is 2.23. The topological polar surface area (TPSA) is 47.9 Å². The molecule has 0 bridgehead atoms. The van der Waals surface area contributed by atoms with Gasteiger partial charge in [0.25, 0.3) is 0 Å². The lowest BCUT2D eigenvalue weighted by Gasteiger charge is -2.11. The number of hydrogen-bond donors (Lipinski definition) is 1. The minimum atomic E-state index is -0.116. The van der Waals surface area contributed by atoms with Crippen molar-refractivity contribution in [3.05, 3.63) is 53.1 Å². The van der Waals surface area contributed by atoms with Crippen molar-refractivity contribution in [2.75, 3.05) is 20.3 Å². The summed E-state index contributed by atoms with van der Waals surface area (Å²) < 4.78 is 16.2. The number of aliphatic hydroxyl groups is 1. The molecule has 0 aliphatic heterocycles. The number of aliphatic hydroxyl groups excluding tert-OH is 1. The molecule has 0 saturated carbocycles. The van der Waals surface area contributed by atoms with Crippen molar-refractivity contribution in [3.63, 3.8) is 0 Å². The lowest BCUT2D eigenvalue weighted by atomic mass is 10.2. The van der Waals surface area contributed by atoms with Crippen LogP contribution in [0.25, 0.3) is 0 Å². The molecule has 0 spiro atoms. The minimum Gasteiger partial charge on any atom is -0.497 e. The number of benzene rings is 2. The second kappa shape index (κ2) is 7.76. The SMILES string of the molecule is COc1ccc(OCCOc2ccc(Cl)cc2CO)cc1. The summed E-state index contributed by atoms with van der Waals surface area (Å²) in [7, 11) is 1.62. The number of halogens is 1. The highest BCUT2D eigenvalue weighted by Gasteiger charge is 2.04. The molecule has 0 saturated heterocycles. The molecule has 0 fully saturated rings. The van der Waals surface area contributed by atoms with E-state index in [2.05, 4.69) is 0 Å². The Labute approximate surface area is 128 Å². The Morgan fingerprint density at radius 1 is 0.952 bits per heavy atom. The first-order valence-electron chi connectivity index (χ1n) is 6.52. The van der Waals surface area contributed by atoms with Crippen LogP contribution in [0.2, 0.25) is 5.02 Å². The van der Waals surface area contributed by atoms with Gasteiger partial charge < -0.3 is 19.3 Å². The summed E-state index contributed by atoms with van der Waals surface area (Å²) in [6.07, 6.45) is 0. The second-order valence-electron chi connectivity index (χ2n) is 4.28. The Morgan fingerprint density at radius 3 is 2.29 bits per heavy atom. The Kier molecular flexibility index (Phi) is 5.72. The van der Waals surface area contributed by atoms with Crippen LogP contribution in [0.1, 0.15) is 5.56 Å². The Bertz CT molecular complexity index is 569. The van der Waals surface area contributed by atoms with E-state index in [1.807, 2.05) is 24.3 Å². The summed E-state index contributed by atoms with van der Waals surface area (Å²) in [6, 6.07) is 12.5. The molecular formula is C16H17ClO4. The number of ether oxygens (including phenoxy) is 3. The molecule has 2 rings (SSSR count). The van der Waals surface area contributed by atoms with E-state index in [0.29, 0.717) is 29.5 Å². The largest absolute Gasteiger partial charge is 0.497 e. The van der Waals surface area contributed by atoms with Gasteiger partial charge in [-0.15, -0.1) is 0 Å². The molecule has 1 N–H and O–H groups in total. The molecule has 2 aromatic rings. The van der Waals surface area contributed by atoms with Gasteiger partial charge in [0.1, 0.15) is 30.5 Å². The third kappa shape index (κ3) is 4.55. The predicted molar refractivity (Wildman–Crippen MR) is 81.4 cm³/mol. The van der Waals surface area contributed by atoms with Gasteiger partial charge in [0, 0.05) is 10.6 Å². The minimum absolute atomic E-state index is 0.116. The van der Waals surface area contributed by atoms with Gasteiger partial charge in [0.15, 0.2) is 0 Å². The average molecular weight is 309 g/mol. The van der Waals surface area contributed by atoms with Crippen molar-refractivity contribution >= 4 is 11.6 Å². The van der Waals surface area contributed by atoms with Crippen LogP contribution in [0, 0.1) is 0 Å². The van der Waals surface area contributed by atoms with Crippen molar-refractivity contribution < 1.29 is 19.3 Å². The zero-order valence-electron chi connectivity index (χ0n) is 11.7. The van der Waals surface area contributed by atoms with E-state index >= 15 is 0 Å². The average Bonchev–Trinajstić information content (AvgIpc) is 2.53. The number of methoxy groups -OCH3 is 1. The fraction of sp³-hybridized carbons (Fsp3) is 0.250. The second-order valence-corrected chi connectivity index (χ2v) is 4.72. The van der Waals surface area contributed by atoms with Gasteiger partial charge in [0.2, 0.25) is 0 Å². The maximum Gasteiger partial charge on any atom is 0.125 e. The molecule has 112 valence electrons. The van der Waals surface area contributed by atoms with Gasteiger partial charge in [-0.25, -0.2) is 0 Å². The normalized spacial score (nSPS) is 10.2. The zero-order chi connectivity index (χ0) is 15.1. The summed E-state index contributed by atoms with van der Waals surface area (Å²) in [5, 5.41) is 9.82. The monoisotopic (exact) mass is 308 g/mol. The Balaban J connectivity index is 1.81. The molecule has 0 heterocycles. The van der Waals surface area contributed by atoms with Gasteiger partial charge in [0.05, 0.1) is 13.7 Å². The van der Waals surface area contributed by atoms with Crippen LogP contribution in [0.5, 0.6) is 17.2 Å². The van der Waals surface area contributed by atoms with Crippen molar-refractivity contribution in [2.45, 2.75) is 6.61 Å². The molecular weight excluding hydrogens is 292 g/mol. The zero-order valence-corrected chi connectivity index (χ0v) is 12.5. The quantitative estimate of drug-likeness (QED) is 0.797. The molecule has 4 nitrogen and oxygen atoms in total. The van der Waals surface area contributed by atoms with Crippen molar-refractivity contribution in [1.29, 1.82) is 0 Å². The van der Waals surface area contributed by atoms with E-state index in [9.17, 15) is 5.11 Å². The molecule has 5 heteroatoms. The molecule has 0 radical (unpaired) electrons. The van der Waals surface area contributed by atoms with E-state index in [4.69, 9.17) is 25.8 Å². The molecule has 2 aromatic carbocycles. The maximum absolute atomic E-state index is 9.25. The number of hydrogen-bond acceptors (Lipinski definition) is 4. The molecule has 0 atom stereocenters. The lowest BCUT2D eigenvalue weighted by Crippen LogP contribution is -2.10. The van der Waals surface area contributed by atoms with Gasteiger partial charge >= 0.3 is 0 Å². The molecule has 21 heavy (non-hydrogen) atoms. The van der Waals surface area contributed by atoms with Crippen LogP contribution in [-0.4, -0.2) is 25.4 Å². The highest BCUT2D eigenvalue weighted by molar-refractivity contribution is 6.30. The smallest absolute Gasteiger partial charge is 0.125 e. The van der Waals surface area contributed by atoms with Crippen LogP contribution in [-0.2, 0) is 6.61 Å². The first kappa shape index (κ1) is 15.5. The lowest BCUT2D eigenvalue weighted by molar-refractivity contribution is 0.209. The predicted octanol–water partition coefficient (Wildman–Crippen LogP) is 3.30. The Hall–Kier alpha value is -1.91. The fourth-order valence-corrected chi connectivity index (χ4v) is 1.99. The van der Waals surface area contributed by atoms with E-state index in [1.54, 1.807) is 25.3 Å². The van der Waals surface area contributed by atoms with E-state index in [0.717, 1.165) is 11.5 Å². The van der Waals surface area contributed by atoms with Crippen molar-refractivity contribution in [2.24, 2.45) is 0 Å². The first-order chi connectivity index (χ1) is 10.2. The van der Waals surface area contributed by atoms with Gasteiger partial charge in [-0.1, -0.05) is 11.6 Å². The maximum atomic E-state index is 9.25. The van der Waals surface area contributed by atoms with E-state index in [1.165, 1.54) is 0 Å². The molecule has 0 aliphatic carbocycles. The van der Waals surface area contributed by atoms with Crippen LogP contribution >= 0.6 is 11.6 Å². The fourth-order valence-electron chi connectivity index (χ4n) is 1.80. The van der Waals surface area contributed by atoms with E-state index < -0.39 is 0 Å². The standard InChI is InChI=1S/C16H17ClO4/c1-19-14-3-5-15(6-4-14)20-8-9-21-16-7-2-13(17)10-12(16)11-18/h2-7,10,18H,8-9,11H2,1H3. The summed E-state index contributed by atoms with van der Waals surface area (Å²) in [6.45, 7) is 0.662. The van der Waals surface area contributed by atoms with Crippen LogP contribution < -0.4 is 14.2 Å². The van der Waals surface area contributed by atoms with E-state index in [-0.39, 0.29) is 6.61 Å². The number of rotatable bonds is 7. The summed E-state index contributed by atoms with van der Waals surface area (Å²) in [5.74, 6) is 2.14. The van der Waals surface area contributed by atoms with Crippen LogP contribution in [0.3, 0.4) is 0 Å². The molecule has 0 amide bonds. The Morgan fingerprint density at radius 2 is 1.62 bits per heavy atom. The third-order valence-corrected chi connectivity index (χ3v) is 3.10. The van der Waals surface area contributed by atoms with Gasteiger partial charge in [-0.3, -0.25) is 0 Å². The molecule has 0 aliphatic rings. The molecule has 0 aromatic heterocycles. The van der Waals surface area contributed by atoms with Crippen molar-refractivity contribution in [3.8, 4) is 17.2 Å². The third-order valence-electron chi connectivity index (χ3n) is 2.86. The van der Waals surface area contributed by atoms with Crippen LogP contribution in [0.4, 0.5) is 0 Å². The van der Waals surface area contributed by atoms with Gasteiger partial charge in [-0.05, 0) is 42.5 Å². The molecule has 0 unspecified atom stereocenters. The summed E-state index contributed by atoms with van der Waals surface area (Å²) in [4.78, 5) is 0. The van der Waals surface area contributed by atoms with Crippen LogP contribution in [0.15, 0.2) is 42.5 Å². The van der Waals surface area contributed by atoms with Crippen molar-refractivity contribution in [1.82, 2.24) is 0 Å².